The molecule has 0 saturated carbocycles. The normalized spacial score (nSPS) is 11.9. The minimum Gasteiger partial charge on any atom is -0.308 e. The molecule has 2 rings (SSSR count). The molecule has 0 radical (unpaired) electrons. The van der Waals surface area contributed by atoms with Gasteiger partial charge in [-0.2, -0.15) is 0 Å². The number of benzene rings is 1. The van der Waals surface area contributed by atoms with Crippen LogP contribution in [0.1, 0.15) is 37.7 Å². The first-order chi connectivity index (χ1) is 9.28. The number of hydrogen-bond acceptors (Lipinski definition) is 2. The van der Waals surface area contributed by atoms with E-state index in [1.54, 1.807) is 12.4 Å². The van der Waals surface area contributed by atoms with Crippen molar-refractivity contribution in [3.63, 3.8) is 0 Å². The summed E-state index contributed by atoms with van der Waals surface area (Å²) in [5.41, 5.74) is 3.96. The molecule has 0 unspecified atom stereocenters. The van der Waals surface area contributed by atoms with Crippen LogP contribution < -0.4 is 5.32 Å². The lowest BCUT2D eigenvalue weighted by molar-refractivity contribution is 0.423. The van der Waals surface area contributed by atoms with Gasteiger partial charge in [0, 0.05) is 17.8 Å². The summed E-state index contributed by atoms with van der Waals surface area (Å²) in [6.07, 6.45) is 1.79. The van der Waals surface area contributed by atoms with E-state index in [4.69, 9.17) is 0 Å². The molecule has 4 heteroatoms. The van der Waals surface area contributed by atoms with Crippen LogP contribution in [0, 0.1) is 19.7 Å². The SMILES string of the molecule is Cc1ncn(-c2ccc(F)cc2CNC(C)(C)C)c1C. The predicted molar refractivity (Wildman–Crippen MR) is 79.6 cm³/mol. The summed E-state index contributed by atoms with van der Waals surface area (Å²) < 4.78 is 15.5. The molecule has 1 aromatic heterocycles. The van der Waals surface area contributed by atoms with Crippen molar-refractivity contribution in [2.24, 2.45) is 0 Å². The number of aryl methyl sites for hydroxylation is 1. The van der Waals surface area contributed by atoms with Crippen LogP contribution in [0.3, 0.4) is 0 Å². The monoisotopic (exact) mass is 275 g/mol. The summed E-state index contributed by atoms with van der Waals surface area (Å²) in [4.78, 5) is 4.31. The van der Waals surface area contributed by atoms with E-state index in [-0.39, 0.29) is 11.4 Å². The predicted octanol–water partition coefficient (Wildman–Crippen LogP) is 3.52. The van der Waals surface area contributed by atoms with Crippen LogP contribution in [0.25, 0.3) is 5.69 Å². The van der Waals surface area contributed by atoms with E-state index in [0.717, 1.165) is 22.6 Å². The Morgan fingerprint density at radius 2 is 1.95 bits per heavy atom. The lowest BCUT2D eigenvalue weighted by Crippen LogP contribution is -2.35. The van der Waals surface area contributed by atoms with Crippen molar-refractivity contribution in [3.8, 4) is 5.69 Å². The van der Waals surface area contributed by atoms with Crippen LogP contribution in [-0.2, 0) is 6.54 Å². The van der Waals surface area contributed by atoms with Gasteiger partial charge in [0.15, 0.2) is 0 Å². The number of nitrogens with zero attached hydrogens (tertiary/aromatic N) is 2. The van der Waals surface area contributed by atoms with Crippen molar-refractivity contribution in [1.82, 2.24) is 14.9 Å². The minimum absolute atomic E-state index is 0.0104. The maximum Gasteiger partial charge on any atom is 0.123 e. The molecule has 0 aliphatic carbocycles. The van der Waals surface area contributed by atoms with Gasteiger partial charge in [-0.1, -0.05) is 0 Å². The molecule has 0 atom stereocenters. The van der Waals surface area contributed by atoms with Crippen molar-refractivity contribution >= 4 is 0 Å². The highest BCUT2D eigenvalue weighted by Crippen LogP contribution is 2.20. The summed E-state index contributed by atoms with van der Waals surface area (Å²) in [5, 5.41) is 3.40. The Morgan fingerprint density at radius 3 is 2.50 bits per heavy atom. The molecule has 0 amide bonds. The maximum atomic E-state index is 13.5. The Kier molecular flexibility index (Phi) is 3.95. The van der Waals surface area contributed by atoms with Gasteiger partial charge in [-0.15, -0.1) is 0 Å². The fourth-order valence-electron chi connectivity index (χ4n) is 2.03. The second-order valence-corrected chi connectivity index (χ2v) is 6.16. The first kappa shape index (κ1) is 14.7. The Bertz CT molecular complexity index is 609. The zero-order valence-corrected chi connectivity index (χ0v) is 12.8. The van der Waals surface area contributed by atoms with E-state index >= 15 is 0 Å². The zero-order valence-electron chi connectivity index (χ0n) is 12.8. The maximum absolute atomic E-state index is 13.5. The highest BCUT2D eigenvalue weighted by atomic mass is 19.1. The van der Waals surface area contributed by atoms with E-state index in [0.29, 0.717) is 6.54 Å². The lowest BCUT2D eigenvalue weighted by atomic mass is 10.1. The fraction of sp³-hybridized carbons (Fsp3) is 0.438. The first-order valence-corrected chi connectivity index (χ1v) is 6.82. The van der Waals surface area contributed by atoms with Gasteiger partial charge in [-0.3, -0.25) is 0 Å². The van der Waals surface area contributed by atoms with Crippen LogP contribution in [0.15, 0.2) is 24.5 Å². The van der Waals surface area contributed by atoms with Crippen molar-refractivity contribution in [2.75, 3.05) is 0 Å². The van der Waals surface area contributed by atoms with E-state index in [9.17, 15) is 4.39 Å². The first-order valence-electron chi connectivity index (χ1n) is 6.82. The fourth-order valence-corrected chi connectivity index (χ4v) is 2.03. The third-order valence-electron chi connectivity index (χ3n) is 3.36. The lowest BCUT2D eigenvalue weighted by Gasteiger charge is -2.22. The van der Waals surface area contributed by atoms with Gasteiger partial charge in [-0.25, -0.2) is 9.37 Å². The number of rotatable bonds is 3. The number of imidazole rings is 1. The Morgan fingerprint density at radius 1 is 1.25 bits per heavy atom. The molecule has 0 saturated heterocycles. The largest absolute Gasteiger partial charge is 0.308 e. The van der Waals surface area contributed by atoms with Gasteiger partial charge in [-0.05, 0) is 58.4 Å². The van der Waals surface area contributed by atoms with E-state index < -0.39 is 0 Å². The van der Waals surface area contributed by atoms with Gasteiger partial charge in [0.25, 0.3) is 0 Å². The van der Waals surface area contributed by atoms with Crippen molar-refractivity contribution in [1.29, 1.82) is 0 Å². The van der Waals surface area contributed by atoms with Crippen LogP contribution in [0.5, 0.6) is 0 Å². The van der Waals surface area contributed by atoms with E-state index in [2.05, 4.69) is 31.1 Å². The molecule has 20 heavy (non-hydrogen) atoms. The highest BCUT2D eigenvalue weighted by Gasteiger charge is 2.13. The van der Waals surface area contributed by atoms with E-state index in [1.165, 1.54) is 6.07 Å². The molecule has 0 aliphatic heterocycles. The summed E-state index contributed by atoms with van der Waals surface area (Å²) in [6, 6.07) is 4.89. The van der Waals surface area contributed by atoms with Crippen LogP contribution in [0.4, 0.5) is 4.39 Å². The number of hydrogen-bond donors (Lipinski definition) is 1. The third kappa shape index (κ3) is 3.25. The van der Waals surface area contributed by atoms with Crippen LogP contribution >= 0.6 is 0 Å². The van der Waals surface area contributed by atoms with Crippen molar-refractivity contribution < 1.29 is 4.39 Å². The van der Waals surface area contributed by atoms with Gasteiger partial charge < -0.3 is 9.88 Å². The Labute approximate surface area is 119 Å². The van der Waals surface area contributed by atoms with Crippen LogP contribution in [-0.4, -0.2) is 15.1 Å². The van der Waals surface area contributed by atoms with Gasteiger partial charge in [0.1, 0.15) is 5.82 Å². The molecular weight excluding hydrogens is 253 g/mol. The van der Waals surface area contributed by atoms with Crippen LogP contribution in [0.2, 0.25) is 0 Å². The summed E-state index contributed by atoms with van der Waals surface area (Å²) in [6.45, 7) is 10.9. The Hall–Kier alpha value is -1.68. The highest BCUT2D eigenvalue weighted by molar-refractivity contribution is 5.43. The van der Waals surface area contributed by atoms with Gasteiger partial charge in [0.05, 0.1) is 17.7 Å². The second kappa shape index (κ2) is 5.37. The average molecular weight is 275 g/mol. The molecule has 0 aliphatic rings. The summed E-state index contributed by atoms with van der Waals surface area (Å²) in [7, 11) is 0. The quantitative estimate of drug-likeness (QED) is 0.929. The van der Waals surface area contributed by atoms with Crippen molar-refractivity contribution in [3.05, 3.63) is 47.3 Å². The molecule has 1 aromatic carbocycles. The zero-order chi connectivity index (χ0) is 14.9. The Balaban J connectivity index is 2.40. The number of halogens is 1. The molecule has 0 fully saturated rings. The molecule has 0 spiro atoms. The molecule has 1 heterocycles. The molecule has 108 valence electrons. The molecule has 2 aromatic rings. The standard InChI is InChI=1S/C16H22FN3/c1-11-12(2)20(10-18-11)15-7-6-14(17)8-13(15)9-19-16(3,4)5/h6-8,10,19H,9H2,1-5H3. The number of aromatic nitrogens is 2. The molecule has 0 bridgehead atoms. The molecular formula is C16H22FN3. The molecule has 3 nitrogen and oxygen atoms in total. The number of nitrogens with one attached hydrogen (secondary N) is 1. The summed E-state index contributed by atoms with van der Waals surface area (Å²) >= 11 is 0. The third-order valence-corrected chi connectivity index (χ3v) is 3.36. The topological polar surface area (TPSA) is 29.9 Å². The molecule has 1 N–H and O–H groups in total. The minimum atomic E-state index is -0.214. The average Bonchev–Trinajstić information content (AvgIpc) is 2.67. The van der Waals surface area contributed by atoms with Crippen molar-refractivity contribution in [2.45, 2.75) is 46.7 Å². The summed E-state index contributed by atoms with van der Waals surface area (Å²) in [5.74, 6) is -0.214. The van der Waals surface area contributed by atoms with Gasteiger partial charge in [0.2, 0.25) is 0 Å². The smallest absolute Gasteiger partial charge is 0.123 e. The second-order valence-electron chi connectivity index (χ2n) is 6.16. The van der Waals surface area contributed by atoms with E-state index in [1.807, 2.05) is 24.5 Å². The van der Waals surface area contributed by atoms with Gasteiger partial charge >= 0.3 is 0 Å².